The molecular weight excluding hydrogens is 274 g/mol. The monoisotopic (exact) mass is 283 g/mol. The second kappa shape index (κ2) is 4.51. The minimum absolute atomic E-state index is 0.275. The zero-order chi connectivity index (χ0) is 14.3. The first-order chi connectivity index (χ1) is 9.60. The molecule has 0 amide bonds. The molecular formula is C14H10ClN5. The third kappa shape index (κ3) is 1.87. The van der Waals surface area contributed by atoms with Crippen molar-refractivity contribution in [2.24, 2.45) is 0 Å². The quantitative estimate of drug-likeness (QED) is 0.744. The van der Waals surface area contributed by atoms with Crippen LogP contribution in [0.3, 0.4) is 0 Å². The summed E-state index contributed by atoms with van der Waals surface area (Å²) < 4.78 is 1.65. The number of nitriles is 1. The van der Waals surface area contributed by atoms with Crippen LogP contribution < -0.4 is 5.73 Å². The number of pyridine rings is 1. The fraction of sp³-hybridized carbons (Fsp3) is 0.0714. The summed E-state index contributed by atoms with van der Waals surface area (Å²) in [5.41, 5.74) is 9.15. The Morgan fingerprint density at radius 1 is 1.25 bits per heavy atom. The number of imidazole rings is 1. The molecule has 20 heavy (non-hydrogen) atoms. The molecule has 0 fully saturated rings. The number of nitrogen functional groups attached to an aromatic ring is 1. The van der Waals surface area contributed by atoms with E-state index in [2.05, 4.69) is 16.0 Å². The molecule has 2 N–H and O–H groups in total. The van der Waals surface area contributed by atoms with Crippen molar-refractivity contribution in [3.63, 3.8) is 0 Å². The Balaban J connectivity index is 2.40. The molecule has 0 bridgehead atoms. The van der Waals surface area contributed by atoms with Crippen molar-refractivity contribution in [1.29, 1.82) is 5.26 Å². The predicted molar refractivity (Wildman–Crippen MR) is 77.7 cm³/mol. The van der Waals surface area contributed by atoms with Crippen molar-refractivity contribution in [1.82, 2.24) is 14.5 Å². The van der Waals surface area contributed by atoms with Crippen LogP contribution in [0.15, 0.2) is 30.3 Å². The van der Waals surface area contributed by atoms with Crippen molar-refractivity contribution >= 4 is 28.7 Å². The van der Waals surface area contributed by atoms with Gasteiger partial charge in [0.25, 0.3) is 0 Å². The maximum atomic E-state index is 9.24. The Hall–Kier alpha value is -2.58. The number of hydrogen-bond acceptors (Lipinski definition) is 4. The molecule has 0 radical (unpaired) electrons. The zero-order valence-electron chi connectivity index (χ0n) is 10.6. The molecule has 3 rings (SSSR count). The number of benzene rings is 1. The standard InChI is InChI=1S/C14H10ClN5/c1-8-2-5-11-13(18-8)20(14(17)19-11)12-6-10(15)4-3-9(12)7-16/h2-6H,1H3,(H2,17,19). The van der Waals surface area contributed by atoms with Gasteiger partial charge in [0, 0.05) is 10.7 Å². The SMILES string of the molecule is Cc1ccc2nc(N)n(-c3cc(Cl)ccc3C#N)c2n1. The van der Waals surface area contributed by atoms with Crippen molar-refractivity contribution in [2.75, 3.05) is 5.73 Å². The number of nitrogens with two attached hydrogens (primary N) is 1. The number of halogens is 1. The molecule has 98 valence electrons. The van der Waals surface area contributed by atoms with Gasteiger partial charge in [0.1, 0.15) is 11.6 Å². The topological polar surface area (TPSA) is 80.5 Å². The predicted octanol–water partition coefficient (Wildman–Crippen LogP) is 2.84. The highest BCUT2D eigenvalue weighted by Gasteiger charge is 2.15. The second-order valence-corrected chi connectivity index (χ2v) is 4.81. The molecule has 2 heterocycles. The Morgan fingerprint density at radius 3 is 2.80 bits per heavy atom. The summed E-state index contributed by atoms with van der Waals surface area (Å²) in [4.78, 5) is 8.71. The number of hydrogen-bond donors (Lipinski definition) is 1. The summed E-state index contributed by atoms with van der Waals surface area (Å²) >= 11 is 6.02. The van der Waals surface area contributed by atoms with Crippen LogP contribution in [-0.4, -0.2) is 14.5 Å². The molecule has 3 aromatic rings. The van der Waals surface area contributed by atoms with E-state index < -0.39 is 0 Å². The highest BCUT2D eigenvalue weighted by molar-refractivity contribution is 6.30. The van der Waals surface area contributed by atoms with Crippen molar-refractivity contribution in [2.45, 2.75) is 6.92 Å². The van der Waals surface area contributed by atoms with Gasteiger partial charge in [-0.2, -0.15) is 5.26 Å². The Labute approximate surface area is 120 Å². The Morgan fingerprint density at radius 2 is 2.05 bits per heavy atom. The van der Waals surface area contributed by atoms with E-state index >= 15 is 0 Å². The van der Waals surface area contributed by atoms with Crippen molar-refractivity contribution in [3.8, 4) is 11.8 Å². The van der Waals surface area contributed by atoms with Gasteiger partial charge in [-0.15, -0.1) is 0 Å². The maximum absolute atomic E-state index is 9.24. The van der Waals surface area contributed by atoms with Gasteiger partial charge in [0.15, 0.2) is 5.65 Å². The van der Waals surface area contributed by atoms with Gasteiger partial charge in [-0.25, -0.2) is 9.97 Å². The molecule has 0 aliphatic carbocycles. The van der Waals surface area contributed by atoms with Gasteiger partial charge in [-0.1, -0.05) is 11.6 Å². The van der Waals surface area contributed by atoms with E-state index in [1.165, 1.54) is 0 Å². The summed E-state index contributed by atoms with van der Waals surface area (Å²) in [6.45, 7) is 1.89. The molecule has 6 heteroatoms. The summed E-state index contributed by atoms with van der Waals surface area (Å²) in [7, 11) is 0. The van der Waals surface area contributed by atoms with E-state index in [0.29, 0.717) is 27.4 Å². The molecule has 0 saturated carbocycles. The van der Waals surface area contributed by atoms with Crippen LogP contribution in [0.1, 0.15) is 11.3 Å². The maximum Gasteiger partial charge on any atom is 0.207 e. The molecule has 5 nitrogen and oxygen atoms in total. The van der Waals surface area contributed by atoms with Gasteiger partial charge in [0.2, 0.25) is 5.95 Å². The largest absolute Gasteiger partial charge is 0.369 e. The van der Waals surface area contributed by atoms with E-state index in [0.717, 1.165) is 5.69 Å². The Kier molecular flexibility index (Phi) is 2.81. The van der Waals surface area contributed by atoms with E-state index in [1.807, 2.05) is 19.1 Å². The molecule has 0 aliphatic heterocycles. The van der Waals surface area contributed by atoms with E-state index in [-0.39, 0.29) is 5.95 Å². The minimum Gasteiger partial charge on any atom is -0.369 e. The van der Waals surface area contributed by atoms with E-state index in [4.69, 9.17) is 17.3 Å². The lowest BCUT2D eigenvalue weighted by atomic mass is 10.2. The van der Waals surface area contributed by atoms with Crippen LogP contribution in [0.4, 0.5) is 5.95 Å². The number of nitrogens with zero attached hydrogens (tertiary/aromatic N) is 4. The average Bonchev–Trinajstić information content (AvgIpc) is 2.74. The molecule has 0 aliphatic rings. The van der Waals surface area contributed by atoms with Crippen molar-refractivity contribution < 1.29 is 0 Å². The summed E-state index contributed by atoms with van der Waals surface area (Å²) in [5.74, 6) is 0.275. The number of aryl methyl sites for hydroxylation is 1. The molecule has 0 saturated heterocycles. The van der Waals surface area contributed by atoms with Crippen molar-refractivity contribution in [3.05, 3.63) is 46.6 Å². The molecule has 2 aromatic heterocycles. The summed E-state index contributed by atoms with van der Waals surface area (Å²) in [6, 6.07) is 10.8. The van der Waals surface area contributed by atoms with Gasteiger partial charge in [-0.3, -0.25) is 4.57 Å². The van der Waals surface area contributed by atoms with Gasteiger partial charge >= 0.3 is 0 Å². The Bertz CT molecular complexity index is 860. The first kappa shape index (κ1) is 12.5. The van der Waals surface area contributed by atoms with Gasteiger partial charge in [0.05, 0.1) is 11.3 Å². The first-order valence-corrected chi connectivity index (χ1v) is 6.29. The highest BCUT2D eigenvalue weighted by Crippen LogP contribution is 2.26. The molecule has 0 unspecified atom stereocenters. The molecule has 0 spiro atoms. The van der Waals surface area contributed by atoms with Crippen LogP contribution in [0.25, 0.3) is 16.9 Å². The number of fused-ring (bicyclic) bond motifs is 1. The third-order valence-corrected chi connectivity index (χ3v) is 3.23. The van der Waals surface area contributed by atoms with Gasteiger partial charge < -0.3 is 5.73 Å². The smallest absolute Gasteiger partial charge is 0.207 e. The highest BCUT2D eigenvalue weighted by atomic mass is 35.5. The first-order valence-electron chi connectivity index (χ1n) is 5.92. The fourth-order valence-corrected chi connectivity index (χ4v) is 2.26. The lowest BCUT2D eigenvalue weighted by Gasteiger charge is -2.08. The van der Waals surface area contributed by atoms with E-state index in [9.17, 15) is 5.26 Å². The fourth-order valence-electron chi connectivity index (χ4n) is 2.09. The van der Waals surface area contributed by atoms with Crippen LogP contribution in [0, 0.1) is 18.3 Å². The third-order valence-electron chi connectivity index (χ3n) is 2.99. The van der Waals surface area contributed by atoms with Crippen LogP contribution in [0.2, 0.25) is 5.02 Å². The normalized spacial score (nSPS) is 10.7. The average molecular weight is 284 g/mol. The number of rotatable bonds is 1. The zero-order valence-corrected chi connectivity index (χ0v) is 11.4. The second-order valence-electron chi connectivity index (χ2n) is 4.37. The number of anilines is 1. The number of aromatic nitrogens is 3. The lowest BCUT2D eigenvalue weighted by Crippen LogP contribution is -2.04. The van der Waals surface area contributed by atoms with Crippen LogP contribution in [0.5, 0.6) is 0 Å². The van der Waals surface area contributed by atoms with E-state index in [1.54, 1.807) is 22.8 Å². The summed E-state index contributed by atoms with van der Waals surface area (Å²) in [6.07, 6.45) is 0. The summed E-state index contributed by atoms with van der Waals surface area (Å²) in [5, 5.41) is 9.76. The van der Waals surface area contributed by atoms with Crippen LogP contribution >= 0.6 is 11.6 Å². The van der Waals surface area contributed by atoms with Crippen LogP contribution in [-0.2, 0) is 0 Å². The minimum atomic E-state index is 0.275. The lowest BCUT2D eigenvalue weighted by molar-refractivity contribution is 1.07. The molecule has 1 aromatic carbocycles. The molecule has 0 atom stereocenters. The van der Waals surface area contributed by atoms with Gasteiger partial charge in [-0.05, 0) is 37.3 Å².